The van der Waals surface area contributed by atoms with Gasteiger partial charge in [-0.15, -0.1) is 5.10 Å². The molecule has 0 aliphatic heterocycles. The molecule has 3 nitrogen and oxygen atoms in total. The van der Waals surface area contributed by atoms with Crippen LogP contribution in [0.3, 0.4) is 0 Å². The minimum atomic E-state index is 0.855. The van der Waals surface area contributed by atoms with E-state index in [1.54, 1.807) is 4.68 Å². The van der Waals surface area contributed by atoms with Gasteiger partial charge in [-0.1, -0.05) is 57.0 Å². The summed E-state index contributed by atoms with van der Waals surface area (Å²) >= 11 is 3.53. The second kappa shape index (κ2) is 4.97. The average molecular weight is 314 g/mol. The highest BCUT2D eigenvalue weighted by Gasteiger charge is 2.07. The number of hydrogen-bond donors (Lipinski definition) is 0. The maximum atomic E-state index is 4.23. The van der Waals surface area contributed by atoms with E-state index in [9.17, 15) is 0 Å². The smallest absolute Gasteiger partial charge is 0.114 e. The van der Waals surface area contributed by atoms with Gasteiger partial charge in [0.25, 0.3) is 0 Å². The topological polar surface area (TPSA) is 30.7 Å². The van der Waals surface area contributed by atoms with Crippen molar-refractivity contribution in [2.75, 3.05) is 0 Å². The lowest BCUT2D eigenvalue weighted by molar-refractivity contribution is 0.803. The van der Waals surface area contributed by atoms with E-state index in [2.05, 4.69) is 45.3 Å². The van der Waals surface area contributed by atoms with Crippen LogP contribution in [-0.4, -0.2) is 15.0 Å². The molecule has 0 amide bonds. The minimum absolute atomic E-state index is 0.855. The van der Waals surface area contributed by atoms with Crippen LogP contribution >= 0.6 is 15.9 Å². The van der Waals surface area contributed by atoms with Gasteiger partial charge in [0.05, 0.1) is 11.9 Å². The summed E-state index contributed by atoms with van der Waals surface area (Å²) in [4.78, 5) is 0. The van der Waals surface area contributed by atoms with Crippen molar-refractivity contribution in [3.05, 3.63) is 64.8 Å². The lowest BCUT2D eigenvalue weighted by Crippen LogP contribution is -1.94. The fraction of sp³-hybridized carbons (Fsp3) is 0.0667. The predicted octanol–water partition coefficient (Wildman–Crippen LogP) is 4.01. The van der Waals surface area contributed by atoms with E-state index in [1.807, 2.05) is 42.6 Å². The molecule has 0 aliphatic carbocycles. The molecule has 0 unspecified atom stereocenters. The lowest BCUT2D eigenvalue weighted by Gasteiger charge is -2.00. The molecule has 3 aromatic rings. The van der Waals surface area contributed by atoms with Gasteiger partial charge in [0.1, 0.15) is 5.69 Å². The monoisotopic (exact) mass is 313 g/mol. The summed E-state index contributed by atoms with van der Waals surface area (Å²) in [7, 11) is 0. The third-order valence-electron chi connectivity index (χ3n) is 2.94. The zero-order valence-electron chi connectivity index (χ0n) is 10.4. The summed E-state index contributed by atoms with van der Waals surface area (Å²) in [5.74, 6) is 0. The fourth-order valence-electron chi connectivity index (χ4n) is 1.88. The first-order chi connectivity index (χ1) is 9.24. The quantitative estimate of drug-likeness (QED) is 0.715. The molecule has 4 heteroatoms. The third-order valence-corrected chi connectivity index (χ3v) is 3.63. The van der Waals surface area contributed by atoms with Gasteiger partial charge in [0.2, 0.25) is 0 Å². The van der Waals surface area contributed by atoms with Crippen LogP contribution in [0.5, 0.6) is 0 Å². The van der Waals surface area contributed by atoms with Crippen LogP contribution in [0.15, 0.2) is 59.2 Å². The van der Waals surface area contributed by atoms with Crippen molar-refractivity contribution >= 4 is 15.9 Å². The number of aromatic nitrogens is 3. The number of halogens is 1. The summed E-state index contributed by atoms with van der Waals surface area (Å²) in [5.41, 5.74) is 4.14. The molecule has 2 aromatic carbocycles. The molecular weight excluding hydrogens is 302 g/mol. The van der Waals surface area contributed by atoms with E-state index < -0.39 is 0 Å². The molecule has 0 fully saturated rings. The van der Waals surface area contributed by atoms with Crippen molar-refractivity contribution in [2.24, 2.45) is 0 Å². The van der Waals surface area contributed by atoms with Crippen molar-refractivity contribution < 1.29 is 0 Å². The zero-order chi connectivity index (χ0) is 13.2. The Kier molecular flexibility index (Phi) is 3.17. The van der Waals surface area contributed by atoms with E-state index in [1.165, 1.54) is 5.56 Å². The number of hydrogen-bond acceptors (Lipinski definition) is 2. The third kappa shape index (κ3) is 2.44. The van der Waals surface area contributed by atoms with Crippen molar-refractivity contribution in [1.82, 2.24) is 15.0 Å². The molecule has 0 atom stereocenters. The molecule has 94 valence electrons. The first-order valence-corrected chi connectivity index (χ1v) is 6.77. The van der Waals surface area contributed by atoms with Gasteiger partial charge in [-0.3, -0.25) is 0 Å². The average Bonchev–Trinajstić information content (AvgIpc) is 2.89. The van der Waals surface area contributed by atoms with E-state index in [0.29, 0.717) is 0 Å². The molecule has 0 bridgehead atoms. The van der Waals surface area contributed by atoms with E-state index >= 15 is 0 Å². The van der Waals surface area contributed by atoms with Crippen molar-refractivity contribution in [1.29, 1.82) is 0 Å². The van der Waals surface area contributed by atoms with E-state index in [0.717, 1.165) is 21.4 Å². The molecule has 0 saturated heterocycles. The van der Waals surface area contributed by atoms with E-state index in [-0.39, 0.29) is 0 Å². The number of nitrogens with zero attached hydrogens (tertiary/aromatic N) is 3. The van der Waals surface area contributed by atoms with Crippen molar-refractivity contribution in [2.45, 2.75) is 6.92 Å². The van der Waals surface area contributed by atoms with Gasteiger partial charge in [-0.05, 0) is 25.1 Å². The molecular formula is C15H12BrN3. The fourth-order valence-corrected chi connectivity index (χ4v) is 2.37. The Balaban J connectivity index is 2.00. The largest absolute Gasteiger partial charge is 0.220 e. The molecule has 1 aromatic heterocycles. The Bertz CT molecular complexity index is 701. The van der Waals surface area contributed by atoms with Crippen molar-refractivity contribution in [3.63, 3.8) is 0 Å². The number of rotatable bonds is 2. The maximum Gasteiger partial charge on any atom is 0.114 e. The Morgan fingerprint density at radius 2 is 1.74 bits per heavy atom. The first-order valence-electron chi connectivity index (χ1n) is 5.98. The Morgan fingerprint density at radius 3 is 2.47 bits per heavy atom. The second-order valence-corrected chi connectivity index (χ2v) is 5.22. The van der Waals surface area contributed by atoms with Crippen LogP contribution in [0.2, 0.25) is 0 Å². The zero-order valence-corrected chi connectivity index (χ0v) is 12.0. The lowest BCUT2D eigenvalue weighted by atomic mass is 10.2. The highest BCUT2D eigenvalue weighted by atomic mass is 79.9. The summed E-state index contributed by atoms with van der Waals surface area (Å²) in [6.07, 6.45) is 1.94. The van der Waals surface area contributed by atoms with Gasteiger partial charge in [0.15, 0.2) is 0 Å². The molecule has 0 saturated carbocycles. The molecule has 0 N–H and O–H groups in total. The SMILES string of the molecule is Cc1ccc(-n2cc(-c3ccccc3Br)nn2)cc1. The molecule has 0 spiro atoms. The Hall–Kier alpha value is -1.94. The summed E-state index contributed by atoms with van der Waals surface area (Å²) in [6, 6.07) is 16.2. The van der Waals surface area contributed by atoms with Gasteiger partial charge < -0.3 is 0 Å². The van der Waals surface area contributed by atoms with Crippen LogP contribution in [-0.2, 0) is 0 Å². The molecule has 3 rings (SSSR count). The van der Waals surface area contributed by atoms with Crippen LogP contribution in [0.4, 0.5) is 0 Å². The van der Waals surface area contributed by atoms with Gasteiger partial charge in [-0.2, -0.15) is 0 Å². The second-order valence-electron chi connectivity index (χ2n) is 4.36. The number of aryl methyl sites for hydroxylation is 1. The molecule has 1 heterocycles. The normalized spacial score (nSPS) is 10.6. The molecule has 19 heavy (non-hydrogen) atoms. The molecule has 0 aliphatic rings. The predicted molar refractivity (Wildman–Crippen MR) is 79.2 cm³/mol. The van der Waals surface area contributed by atoms with Crippen LogP contribution in [0.25, 0.3) is 16.9 Å². The summed E-state index contributed by atoms with van der Waals surface area (Å²) in [6.45, 7) is 2.07. The van der Waals surface area contributed by atoms with Crippen LogP contribution in [0, 0.1) is 6.92 Å². The minimum Gasteiger partial charge on any atom is -0.220 e. The number of benzene rings is 2. The van der Waals surface area contributed by atoms with Gasteiger partial charge >= 0.3 is 0 Å². The van der Waals surface area contributed by atoms with Crippen LogP contribution in [0.1, 0.15) is 5.56 Å². The van der Waals surface area contributed by atoms with Crippen LogP contribution < -0.4 is 0 Å². The maximum absolute atomic E-state index is 4.23. The van der Waals surface area contributed by atoms with E-state index in [4.69, 9.17) is 0 Å². The van der Waals surface area contributed by atoms with Gasteiger partial charge in [-0.25, -0.2) is 4.68 Å². The Morgan fingerprint density at radius 1 is 1.00 bits per heavy atom. The highest BCUT2D eigenvalue weighted by Crippen LogP contribution is 2.26. The van der Waals surface area contributed by atoms with Crippen molar-refractivity contribution in [3.8, 4) is 16.9 Å². The Labute approximate surface area is 120 Å². The van der Waals surface area contributed by atoms with Gasteiger partial charge in [0, 0.05) is 10.0 Å². The highest BCUT2D eigenvalue weighted by molar-refractivity contribution is 9.10. The summed E-state index contributed by atoms with van der Waals surface area (Å²) in [5, 5.41) is 8.41. The summed E-state index contributed by atoms with van der Waals surface area (Å²) < 4.78 is 2.81. The first kappa shape index (κ1) is 12.1. The molecule has 0 radical (unpaired) electrons. The standard InChI is InChI=1S/C15H12BrN3/c1-11-6-8-12(9-7-11)19-10-15(17-18-19)13-4-2-3-5-14(13)16/h2-10H,1H3.